The minimum absolute atomic E-state index is 0.00193. The quantitative estimate of drug-likeness (QED) is 0.0433. The Morgan fingerprint density at radius 3 is 1.63 bits per heavy atom. The number of hydrogen-bond acceptors (Lipinski definition) is 9. The number of ketones is 1. The second-order valence-corrected chi connectivity index (χ2v) is 13.6. The number of phenolic OH excluding ortho intramolecular Hbond substituents is 1. The highest BCUT2D eigenvalue weighted by atomic mass is 16.3. The van der Waals surface area contributed by atoms with Crippen molar-refractivity contribution in [3.05, 3.63) is 29.8 Å². The van der Waals surface area contributed by atoms with E-state index in [-0.39, 0.29) is 55.1 Å². The molecule has 0 saturated carbocycles. The molecule has 0 aliphatic carbocycles. The fourth-order valence-corrected chi connectivity index (χ4v) is 5.04. The first kappa shape index (κ1) is 44.8. The van der Waals surface area contributed by atoms with Gasteiger partial charge >= 0.3 is 0 Å². The van der Waals surface area contributed by atoms with E-state index in [1.165, 1.54) is 32.9 Å². The summed E-state index contributed by atoms with van der Waals surface area (Å²) in [5, 5.41) is 25.3. The summed E-state index contributed by atoms with van der Waals surface area (Å²) in [4.78, 5) is 94.3. The van der Waals surface area contributed by atoms with Crippen LogP contribution in [-0.4, -0.2) is 95.1 Å². The van der Waals surface area contributed by atoms with Gasteiger partial charge in [-0.15, -0.1) is 0 Å². The smallest absolute Gasteiger partial charge is 0.243 e. The van der Waals surface area contributed by atoms with Crippen LogP contribution in [0, 0.1) is 11.8 Å². The number of carbonyl (C=O) groups excluding carboxylic acids is 7. The summed E-state index contributed by atoms with van der Waals surface area (Å²) in [6.45, 7) is 13.0. The Morgan fingerprint density at radius 2 is 1.13 bits per heavy atom. The van der Waals surface area contributed by atoms with Gasteiger partial charge in [-0.3, -0.25) is 38.6 Å². The van der Waals surface area contributed by atoms with Crippen LogP contribution < -0.4 is 43.4 Å². The number of aliphatic imine (C=N–C) groups is 1. The van der Waals surface area contributed by atoms with Gasteiger partial charge in [0.25, 0.3) is 0 Å². The number of Topliss-reactive ketones (excluding diaryl/α,β-unsaturated/α-hetero) is 1. The highest BCUT2D eigenvalue weighted by molar-refractivity contribution is 5.97. The zero-order valence-electron chi connectivity index (χ0n) is 31.4. The molecule has 17 nitrogen and oxygen atoms in total. The van der Waals surface area contributed by atoms with Gasteiger partial charge in [0, 0.05) is 25.8 Å². The lowest BCUT2D eigenvalue weighted by Gasteiger charge is -2.26. The molecule has 1 aromatic rings. The zero-order chi connectivity index (χ0) is 39.7. The topological polar surface area (TPSA) is 276 Å². The maximum Gasteiger partial charge on any atom is 0.243 e. The van der Waals surface area contributed by atoms with Gasteiger partial charge < -0.3 is 48.5 Å². The molecule has 1 rings (SSSR count). The molecule has 1 aromatic carbocycles. The highest BCUT2D eigenvalue weighted by Crippen LogP contribution is 2.13. The molecule has 6 atom stereocenters. The van der Waals surface area contributed by atoms with Gasteiger partial charge in [-0.25, -0.2) is 0 Å². The van der Waals surface area contributed by atoms with E-state index in [0.717, 1.165) is 0 Å². The molecule has 6 unspecified atom stereocenters. The third kappa shape index (κ3) is 16.7. The second-order valence-electron chi connectivity index (χ2n) is 13.6. The monoisotopic (exact) mass is 731 g/mol. The Morgan fingerprint density at radius 1 is 0.654 bits per heavy atom. The van der Waals surface area contributed by atoms with Crippen LogP contribution in [0.15, 0.2) is 29.3 Å². The largest absolute Gasteiger partial charge is 0.508 e. The molecule has 0 bridgehead atoms. The van der Waals surface area contributed by atoms with Gasteiger partial charge in [0.2, 0.25) is 35.4 Å². The van der Waals surface area contributed by atoms with Crippen LogP contribution in [0.3, 0.4) is 0 Å². The van der Waals surface area contributed by atoms with Gasteiger partial charge in [-0.1, -0.05) is 39.8 Å². The minimum Gasteiger partial charge on any atom is -0.508 e. The number of benzene rings is 1. The number of aromatic hydroxyl groups is 1. The van der Waals surface area contributed by atoms with Crippen LogP contribution >= 0.6 is 0 Å². The van der Waals surface area contributed by atoms with Crippen molar-refractivity contribution < 1.29 is 38.7 Å². The summed E-state index contributed by atoms with van der Waals surface area (Å²) in [7, 11) is 0. The van der Waals surface area contributed by atoms with Crippen LogP contribution in [0.5, 0.6) is 5.75 Å². The van der Waals surface area contributed by atoms with Gasteiger partial charge in [-0.05, 0) is 63.6 Å². The Balaban J connectivity index is 3.22. The van der Waals surface area contributed by atoms with E-state index >= 15 is 0 Å². The van der Waals surface area contributed by atoms with E-state index < -0.39 is 71.7 Å². The Labute approximate surface area is 305 Å². The molecular formula is C35H57N9O8. The maximum absolute atomic E-state index is 13.8. The first-order chi connectivity index (χ1) is 24.2. The van der Waals surface area contributed by atoms with E-state index in [1.807, 2.05) is 13.8 Å². The molecule has 6 amide bonds. The summed E-state index contributed by atoms with van der Waals surface area (Å²) in [5.41, 5.74) is 11.4. The Hall–Kier alpha value is -5.22. The van der Waals surface area contributed by atoms with Crippen LogP contribution in [0.1, 0.15) is 80.2 Å². The summed E-state index contributed by atoms with van der Waals surface area (Å²) in [5.74, 6) is -4.40. The van der Waals surface area contributed by atoms with Crippen LogP contribution in [0.4, 0.5) is 0 Å². The molecule has 17 heteroatoms. The molecule has 11 N–H and O–H groups in total. The lowest BCUT2D eigenvalue weighted by molar-refractivity contribution is -0.135. The van der Waals surface area contributed by atoms with E-state index in [4.69, 9.17) is 11.5 Å². The molecule has 0 radical (unpaired) electrons. The van der Waals surface area contributed by atoms with E-state index in [2.05, 4.69) is 36.9 Å². The number of phenols is 1. The van der Waals surface area contributed by atoms with Crippen molar-refractivity contribution in [3.63, 3.8) is 0 Å². The van der Waals surface area contributed by atoms with Crippen molar-refractivity contribution in [2.75, 3.05) is 6.54 Å². The second kappa shape index (κ2) is 21.9. The number of nitrogens with zero attached hydrogens (tertiary/aromatic N) is 1. The zero-order valence-corrected chi connectivity index (χ0v) is 31.4. The van der Waals surface area contributed by atoms with Gasteiger partial charge in [0.05, 0.1) is 6.04 Å². The normalized spacial score (nSPS) is 14.4. The lowest BCUT2D eigenvalue weighted by Crippen LogP contribution is -2.59. The third-order valence-electron chi connectivity index (χ3n) is 7.85. The van der Waals surface area contributed by atoms with E-state index in [0.29, 0.717) is 12.0 Å². The van der Waals surface area contributed by atoms with Crippen molar-refractivity contribution in [1.82, 2.24) is 31.9 Å². The fourth-order valence-electron chi connectivity index (χ4n) is 5.04. The van der Waals surface area contributed by atoms with Crippen LogP contribution in [0.2, 0.25) is 0 Å². The highest BCUT2D eigenvalue weighted by Gasteiger charge is 2.31. The van der Waals surface area contributed by atoms with E-state index in [1.54, 1.807) is 32.9 Å². The van der Waals surface area contributed by atoms with Gasteiger partial charge in [-0.2, -0.15) is 0 Å². The van der Waals surface area contributed by atoms with Crippen molar-refractivity contribution in [2.45, 2.75) is 117 Å². The number of hydrogen-bond donors (Lipinski definition) is 9. The van der Waals surface area contributed by atoms with Gasteiger partial charge in [0.1, 0.15) is 36.0 Å². The molecule has 0 saturated heterocycles. The fraction of sp³-hybridized carbons (Fsp3) is 0.600. The predicted octanol–water partition coefficient (Wildman–Crippen LogP) is -0.752. The van der Waals surface area contributed by atoms with E-state index in [9.17, 15) is 38.7 Å². The lowest BCUT2D eigenvalue weighted by atomic mass is 10.0. The standard InChI is InChI=1S/C35H57N9O8/c1-18(2)16-27(42-23(8)45)33(51)44-28(17-24-11-13-25(46)14-12-24)34(52)43-26(10-9-15-38-35(36)37)32(50)41-22(7)31(49)40-21(6)30(48)39-20(5)29(47)19(3)4/h11-14,18-22,26-28,46H,9-10,15-17H2,1-8H3,(H,39,48)(H,40,49)(H,41,50)(H,42,45)(H,43,52)(H,44,51)(H4,36,37,38). The van der Waals surface area contributed by atoms with Crippen molar-refractivity contribution in [1.29, 1.82) is 0 Å². The number of guanidine groups is 1. The minimum atomic E-state index is -1.22. The first-order valence-corrected chi connectivity index (χ1v) is 17.4. The molecule has 52 heavy (non-hydrogen) atoms. The summed E-state index contributed by atoms with van der Waals surface area (Å²) in [6.07, 6.45) is 0.541. The third-order valence-corrected chi connectivity index (χ3v) is 7.85. The Kier molecular flexibility index (Phi) is 18.8. The van der Waals surface area contributed by atoms with Crippen molar-refractivity contribution in [2.24, 2.45) is 28.3 Å². The van der Waals surface area contributed by atoms with Crippen LogP contribution in [-0.2, 0) is 40.0 Å². The maximum atomic E-state index is 13.8. The number of amides is 6. The molecule has 0 aromatic heterocycles. The number of rotatable bonds is 21. The molecule has 0 fully saturated rings. The van der Waals surface area contributed by atoms with Crippen molar-refractivity contribution >= 4 is 47.2 Å². The molecule has 0 aliphatic rings. The first-order valence-electron chi connectivity index (χ1n) is 17.4. The average molecular weight is 732 g/mol. The molecule has 0 spiro atoms. The summed E-state index contributed by atoms with van der Waals surface area (Å²) < 4.78 is 0. The van der Waals surface area contributed by atoms with Crippen molar-refractivity contribution in [3.8, 4) is 5.75 Å². The molecular weight excluding hydrogens is 674 g/mol. The average Bonchev–Trinajstić information content (AvgIpc) is 3.04. The Bertz CT molecular complexity index is 1430. The summed E-state index contributed by atoms with van der Waals surface area (Å²) in [6, 6.07) is -0.338. The molecule has 290 valence electrons. The SMILES string of the molecule is CC(=O)NC(CC(C)C)C(=O)NC(Cc1ccc(O)cc1)C(=O)NC(CCCN=C(N)N)C(=O)NC(C)C(=O)NC(C)C(=O)NC(C)C(=O)C(C)C. The van der Waals surface area contributed by atoms with Crippen LogP contribution in [0.25, 0.3) is 0 Å². The number of carbonyl (C=O) groups is 7. The van der Waals surface area contributed by atoms with Gasteiger partial charge in [0.15, 0.2) is 11.7 Å². The molecule has 0 aliphatic heterocycles. The predicted molar refractivity (Wildman–Crippen MR) is 195 cm³/mol. The summed E-state index contributed by atoms with van der Waals surface area (Å²) >= 11 is 0. The molecule has 0 heterocycles. The number of nitrogens with one attached hydrogen (secondary N) is 6. The number of nitrogens with two attached hydrogens (primary N) is 2.